The highest BCUT2D eigenvalue weighted by Crippen LogP contribution is 2.20. The molecule has 0 saturated heterocycles. The average molecular weight is 244 g/mol. The summed E-state index contributed by atoms with van der Waals surface area (Å²) in [5.74, 6) is -0.273. The number of rotatable bonds is 4. The minimum atomic E-state index is -0.537. The molecular weight excluding hydrogens is 227 g/mol. The van der Waals surface area contributed by atoms with Gasteiger partial charge in [-0.15, -0.1) is 0 Å². The van der Waals surface area contributed by atoms with Crippen LogP contribution in [0.4, 0.5) is 4.39 Å². The quantitative estimate of drug-likeness (QED) is 0.867. The van der Waals surface area contributed by atoms with Crippen LogP contribution < -0.4 is 0 Å². The Morgan fingerprint density at radius 2 is 1.72 bits per heavy atom. The van der Waals surface area contributed by atoms with E-state index >= 15 is 0 Å². The molecule has 0 amide bonds. The first-order valence-corrected chi connectivity index (χ1v) is 6.15. The van der Waals surface area contributed by atoms with Crippen LogP contribution in [0.5, 0.6) is 0 Å². The van der Waals surface area contributed by atoms with Crippen LogP contribution in [0.3, 0.4) is 0 Å². The molecule has 2 aromatic carbocycles. The number of aryl methyl sites for hydroxylation is 2. The smallest absolute Gasteiger partial charge is 0.123 e. The van der Waals surface area contributed by atoms with Crippen LogP contribution in [0.2, 0.25) is 0 Å². The van der Waals surface area contributed by atoms with Crippen LogP contribution >= 0.6 is 0 Å². The number of benzene rings is 2. The lowest BCUT2D eigenvalue weighted by Crippen LogP contribution is -2.00. The average Bonchev–Trinajstić information content (AvgIpc) is 2.38. The van der Waals surface area contributed by atoms with Gasteiger partial charge in [0.15, 0.2) is 0 Å². The maximum atomic E-state index is 12.8. The standard InChI is InChI=1S/C16H17FO/c1-12-4-2-3-5-13(12)8-11-16(18)14-6-9-15(17)10-7-14/h2-7,9-10,16,18H,8,11H2,1H3. The molecule has 0 aliphatic rings. The van der Waals surface area contributed by atoms with Crippen molar-refractivity contribution < 1.29 is 9.50 Å². The van der Waals surface area contributed by atoms with Gasteiger partial charge in [-0.3, -0.25) is 0 Å². The van der Waals surface area contributed by atoms with Crippen molar-refractivity contribution in [1.82, 2.24) is 0 Å². The summed E-state index contributed by atoms with van der Waals surface area (Å²) in [6.45, 7) is 2.07. The van der Waals surface area contributed by atoms with Gasteiger partial charge in [0.05, 0.1) is 6.10 Å². The van der Waals surface area contributed by atoms with Gasteiger partial charge in [0, 0.05) is 0 Å². The molecule has 0 radical (unpaired) electrons. The lowest BCUT2D eigenvalue weighted by Gasteiger charge is -2.12. The summed E-state index contributed by atoms with van der Waals surface area (Å²) in [6.07, 6.45) is 0.937. The van der Waals surface area contributed by atoms with E-state index in [2.05, 4.69) is 19.1 Å². The van der Waals surface area contributed by atoms with Crippen LogP contribution in [0.15, 0.2) is 48.5 Å². The highest BCUT2D eigenvalue weighted by molar-refractivity contribution is 5.26. The highest BCUT2D eigenvalue weighted by atomic mass is 19.1. The van der Waals surface area contributed by atoms with Crippen molar-refractivity contribution >= 4 is 0 Å². The molecule has 0 saturated carbocycles. The van der Waals surface area contributed by atoms with Gasteiger partial charge < -0.3 is 5.11 Å². The van der Waals surface area contributed by atoms with E-state index in [0.717, 1.165) is 12.0 Å². The maximum absolute atomic E-state index is 12.8. The van der Waals surface area contributed by atoms with E-state index in [1.54, 1.807) is 12.1 Å². The van der Waals surface area contributed by atoms with E-state index in [1.165, 1.54) is 23.3 Å². The second-order valence-electron chi connectivity index (χ2n) is 4.53. The molecule has 2 aromatic rings. The molecule has 94 valence electrons. The van der Waals surface area contributed by atoms with Crippen molar-refractivity contribution in [3.05, 3.63) is 71.0 Å². The summed E-state index contributed by atoms with van der Waals surface area (Å²) in [7, 11) is 0. The molecule has 0 bridgehead atoms. The number of halogens is 1. The Labute approximate surface area is 107 Å². The Morgan fingerprint density at radius 1 is 1.06 bits per heavy atom. The summed E-state index contributed by atoms with van der Waals surface area (Å²) >= 11 is 0. The van der Waals surface area contributed by atoms with Crippen molar-refractivity contribution in [3.63, 3.8) is 0 Å². The van der Waals surface area contributed by atoms with E-state index in [-0.39, 0.29) is 5.82 Å². The minimum absolute atomic E-state index is 0.273. The van der Waals surface area contributed by atoms with Crippen molar-refractivity contribution in [2.24, 2.45) is 0 Å². The van der Waals surface area contributed by atoms with Gasteiger partial charge in [0.25, 0.3) is 0 Å². The maximum Gasteiger partial charge on any atom is 0.123 e. The highest BCUT2D eigenvalue weighted by Gasteiger charge is 2.08. The van der Waals surface area contributed by atoms with E-state index < -0.39 is 6.10 Å². The first-order chi connectivity index (χ1) is 8.66. The van der Waals surface area contributed by atoms with E-state index in [1.807, 2.05) is 12.1 Å². The number of aliphatic hydroxyl groups excluding tert-OH is 1. The van der Waals surface area contributed by atoms with Crippen molar-refractivity contribution in [1.29, 1.82) is 0 Å². The van der Waals surface area contributed by atoms with E-state index in [0.29, 0.717) is 6.42 Å². The van der Waals surface area contributed by atoms with Crippen LogP contribution in [-0.2, 0) is 6.42 Å². The van der Waals surface area contributed by atoms with Gasteiger partial charge >= 0.3 is 0 Å². The fraction of sp³-hybridized carbons (Fsp3) is 0.250. The molecular formula is C16H17FO. The fourth-order valence-corrected chi connectivity index (χ4v) is 2.03. The Morgan fingerprint density at radius 3 is 2.39 bits per heavy atom. The van der Waals surface area contributed by atoms with Crippen LogP contribution in [-0.4, -0.2) is 5.11 Å². The Balaban J connectivity index is 1.98. The SMILES string of the molecule is Cc1ccccc1CCC(O)c1ccc(F)cc1. The molecule has 0 aliphatic heterocycles. The molecule has 1 atom stereocenters. The molecule has 1 nitrogen and oxygen atoms in total. The first-order valence-electron chi connectivity index (χ1n) is 6.15. The lowest BCUT2D eigenvalue weighted by atomic mass is 9.99. The Bertz CT molecular complexity index is 505. The lowest BCUT2D eigenvalue weighted by molar-refractivity contribution is 0.167. The fourth-order valence-electron chi connectivity index (χ4n) is 2.03. The number of hydrogen-bond donors (Lipinski definition) is 1. The van der Waals surface area contributed by atoms with E-state index in [4.69, 9.17) is 0 Å². The third-order valence-electron chi connectivity index (χ3n) is 3.20. The van der Waals surface area contributed by atoms with Gasteiger partial charge in [-0.1, -0.05) is 36.4 Å². The van der Waals surface area contributed by atoms with Crippen molar-refractivity contribution in [2.75, 3.05) is 0 Å². The molecule has 1 unspecified atom stereocenters. The van der Waals surface area contributed by atoms with E-state index in [9.17, 15) is 9.50 Å². The molecule has 0 fully saturated rings. The van der Waals surface area contributed by atoms with Gasteiger partial charge in [0.1, 0.15) is 5.82 Å². The molecule has 0 aliphatic carbocycles. The zero-order valence-electron chi connectivity index (χ0n) is 10.4. The van der Waals surface area contributed by atoms with Crippen molar-refractivity contribution in [3.8, 4) is 0 Å². The second kappa shape index (κ2) is 5.78. The Hall–Kier alpha value is -1.67. The zero-order valence-corrected chi connectivity index (χ0v) is 10.4. The number of aliphatic hydroxyl groups is 1. The van der Waals surface area contributed by atoms with Gasteiger partial charge in [-0.05, 0) is 48.6 Å². The summed E-state index contributed by atoms with van der Waals surface area (Å²) in [5, 5.41) is 10.0. The molecule has 2 heteroatoms. The van der Waals surface area contributed by atoms with Crippen LogP contribution in [0.1, 0.15) is 29.2 Å². The van der Waals surface area contributed by atoms with Gasteiger partial charge in [0.2, 0.25) is 0 Å². The molecule has 1 N–H and O–H groups in total. The minimum Gasteiger partial charge on any atom is -0.388 e. The molecule has 0 spiro atoms. The second-order valence-corrected chi connectivity index (χ2v) is 4.53. The van der Waals surface area contributed by atoms with Crippen molar-refractivity contribution in [2.45, 2.75) is 25.9 Å². The topological polar surface area (TPSA) is 20.2 Å². The number of hydrogen-bond acceptors (Lipinski definition) is 1. The van der Waals surface area contributed by atoms with Gasteiger partial charge in [-0.25, -0.2) is 4.39 Å². The normalized spacial score (nSPS) is 12.4. The molecule has 0 aromatic heterocycles. The Kier molecular flexibility index (Phi) is 4.11. The summed E-state index contributed by atoms with van der Waals surface area (Å²) < 4.78 is 12.8. The van der Waals surface area contributed by atoms with Crippen LogP contribution in [0, 0.1) is 12.7 Å². The summed E-state index contributed by atoms with van der Waals surface area (Å²) in [5.41, 5.74) is 3.26. The van der Waals surface area contributed by atoms with Gasteiger partial charge in [-0.2, -0.15) is 0 Å². The van der Waals surface area contributed by atoms with Crippen LogP contribution in [0.25, 0.3) is 0 Å². The predicted molar refractivity (Wildman–Crippen MR) is 70.9 cm³/mol. The summed E-state index contributed by atoms with van der Waals surface area (Å²) in [6, 6.07) is 14.2. The summed E-state index contributed by atoms with van der Waals surface area (Å²) in [4.78, 5) is 0. The molecule has 0 heterocycles. The largest absolute Gasteiger partial charge is 0.388 e. The third-order valence-corrected chi connectivity index (χ3v) is 3.20. The predicted octanol–water partition coefficient (Wildman–Crippen LogP) is 3.80. The molecule has 2 rings (SSSR count). The zero-order chi connectivity index (χ0) is 13.0. The molecule has 18 heavy (non-hydrogen) atoms. The monoisotopic (exact) mass is 244 g/mol. The first kappa shape index (κ1) is 12.8. The third kappa shape index (κ3) is 3.17.